The van der Waals surface area contributed by atoms with Crippen LogP contribution >= 0.6 is 0 Å². The molecule has 9 rings (SSSR count). The van der Waals surface area contributed by atoms with E-state index in [2.05, 4.69) is 69.1 Å². The summed E-state index contributed by atoms with van der Waals surface area (Å²) in [5, 5.41) is 5.48. The number of aromatic nitrogens is 4. The number of ether oxygens (including phenoxy) is 3. The molecular formula is C47H54N8O7. The van der Waals surface area contributed by atoms with Crippen molar-refractivity contribution in [2.45, 2.75) is 96.6 Å². The van der Waals surface area contributed by atoms with E-state index in [0.717, 1.165) is 99.6 Å². The van der Waals surface area contributed by atoms with Gasteiger partial charge in [-0.25, -0.2) is 19.6 Å². The highest BCUT2D eigenvalue weighted by molar-refractivity contribution is 5.89. The van der Waals surface area contributed by atoms with Gasteiger partial charge in [-0.05, 0) is 102 Å². The van der Waals surface area contributed by atoms with E-state index < -0.39 is 24.3 Å². The lowest BCUT2D eigenvalue weighted by Crippen LogP contribution is -2.54. The van der Waals surface area contributed by atoms with E-state index in [1.165, 1.54) is 14.2 Å². The Morgan fingerprint density at radius 1 is 0.790 bits per heavy atom. The zero-order chi connectivity index (χ0) is 43.4. The third-order valence-electron chi connectivity index (χ3n) is 13.3. The SMILES string of the molecule is COC(=O)NC(C(=O)N1CCC[C@H]1c1ncc(-c2ccc3c(c2)COc2cc(-c4ccc5nc([C@@H]6[C@H]7CC[C@H](C7)N6C(=O)[C@@H](NC(=O)OC)C(C)C)[nH]c5c4)ccc2-3)[nH]1)C(C)C. The zero-order valence-electron chi connectivity index (χ0n) is 36.0. The second kappa shape index (κ2) is 16.5. The summed E-state index contributed by atoms with van der Waals surface area (Å²) in [6.07, 6.45) is 5.09. The van der Waals surface area contributed by atoms with Crippen molar-refractivity contribution in [1.29, 1.82) is 0 Å². The van der Waals surface area contributed by atoms with Gasteiger partial charge in [0, 0.05) is 18.2 Å². The number of nitrogens with zero attached hydrogens (tertiary/aromatic N) is 4. The summed E-state index contributed by atoms with van der Waals surface area (Å²) in [6.45, 7) is 8.66. The smallest absolute Gasteiger partial charge is 0.407 e. The van der Waals surface area contributed by atoms with Crippen LogP contribution < -0.4 is 15.4 Å². The molecule has 1 aliphatic carbocycles. The summed E-state index contributed by atoms with van der Waals surface area (Å²) in [5.74, 6) is 2.13. The van der Waals surface area contributed by atoms with Crippen LogP contribution in [0, 0.1) is 17.8 Å². The van der Waals surface area contributed by atoms with E-state index in [0.29, 0.717) is 19.1 Å². The van der Waals surface area contributed by atoms with Crippen LogP contribution in [0.1, 0.15) is 89.1 Å². The molecule has 4 amide bonds. The van der Waals surface area contributed by atoms with E-state index in [1.54, 1.807) is 0 Å². The molecule has 15 nitrogen and oxygen atoms in total. The van der Waals surface area contributed by atoms with Crippen molar-refractivity contribution >= 4 is 35.0 Å². The number of amides is 4. The number of likely N-dealkylation sites (tertiary alicyclic amines) is 2. The fourth-order valence-corrected chi connectivity index (χ4v) is 10.1. The van der Waals surface area contributed by atoms with Crippen LogP contribution in [0.5, 0.6) is 5.75 Å². The molecule has 15 heteroatoms. The first-order valence-corrected chi connectivity index (χ1v) is 21.7. The second-order valence-corrected chi connectivity index (χ2v) is 17.7. The molecule has 2 bridgehead atoms. The van der Waals surface area contributed by atoms with Gasteiger partial charge in [0.2, 0.25) is 11.8 Å². The molecule has 62 heavy (non-hydrogen) atoms. The van der Waals surface area contributed by atoms with Gasteiger partial charge in [0.25, 0.3) is 0 Å². The maximum absolute atomic E-state index is 14.1. The number of hydrogen-bond donors (Lipinski definition) is 4. The number of alkyl carbamates (subject to hydrolysis) is 2. The molecule has 2 saturated heterocycles. The molecule has 3 fully saturated rings. The molecule has 3 aromatic carbocycles. The van der Waals surface area contributed by atoms with Gasteiger partial charge in [0.05, 0.1) is 49.2 Å². The number of nitrogens with one attached hydrogen (secondary N) is 4. The number of methoxy groups -OCH3 is 2. The lowest BCUT2D eigenvalue weighted by molar-refractivity contribution is -0.139. The van der Waals surface area contributed by atoms with Crippen LogP contribution in [0.25, 0.3) is 44.5 Å². The van der Waals surface area contributed by atoms with Crippen molar-refractivity contribution in [3.63, 3.8) is 0 Å². The van der Waals surface area contributed by atoms with E-state index in [4.69, 9.17) is 24.2 Å². The largest absolute Gasteiger partial charge is 0.488 e. The number of piperidine rings is 1. The van der Waals surface area contributed by atoms with Gasteiger partial charge in [-0.3, -0.25) is 9.59 Å². The monoisotopic (exact) mass is 842 g/mol. The molecule has 2 aromatic heterocycles. The number of hydrogen-bond acceptors (Lipinski definition) is 9. The van der Waals surface area contributed by atoms with Crippen LogP contribution in [0.4, 0.5) is 9.59 Å². The predicted molar refractivity (Wildman–Crippen MR) is 232 cm³/mol. The van der Waals surface area contributed by atoms with E-state index in [-0.39, 0.29) is 41.8 Å². The Kier molecular flexibility index (Phi) is 10.9. The average Bonchev–Trinajstić information content (AvgIpc) is 4.14. The quantitative estimate of drug-likeness (QED) is 0.110. The predicted octanol–water partition coefficient (Wildman–Crippen LogP) is 7.66. The molecule has 1 unspecified atom stereocenters. The molecule has 1 saturated carbocycles. The normalized spacial score (nSPS) is 21.1. The van der Waals surface area contributed by atoms with Crippen LogP contribution in [0.15, 0.2) is 60.8 Å². The summed E-state index contributed by atoms with van der Waals surface area (Å²) in [7, 11) is 2.60. The maximum atomic E-state index is 14.1. The highest BCUT2D eigenvalue weighted by Gasteiger charge is 2.51. The molecule has 3 aliphatic heterocycles. The average molecular weight is 843 g/mol. The highest BCUT2D eigenvalue weighted by atomic mass is 16.5. The first-order valence-electron chi connectivity index (χ1n) is 21.7. The number of fused-ring (bicyclic) bond motifs is 6. The number of rotatable bonds is 10. The van der Waals surface area contributed by atoms with Gasteiger partial charge >= 0.3 is 12.2 Å². The fourth-order valence-electron chi connectivity index (χ4n) is 10.1. The van der Waals surface area contributed by atoms with Gasteiger partial charge in [-0.15, -0.1) is 0 Å². The van der Waals surface area contributed by atoms with E-state index in [1.807, 2.05) is 49.8 Å². The summed E-state index contributed by atoms with van der Waals surface area (Å²) < 4.78 is 16.0. The molecular weight excluding hydrogens is 789 g/mol. The first-order chi connectivity index (χ1) is 29.9. The highest BCUT2D eigenvalue weighted by Crippen LogP contribution is 2.50. The summed E-state index contributed by atoms with van der Waals surface area (Å²) in [4.78, 5) is 72.5. The first kappa shape index (κ1) is 41.0. The Hall–Kier alpha value is -6.38. The number of aromatic amines is 2. The standard InChI is InChI=1S/C47H54N8O7/c1-24(2)39(52-46(58)60-5)44(56)54-17-7-8-37(54)42-48-22-36(51-42)28-11-14-32-30(18-28)23-62-38-21-27(10-15-33(32)38)26-12-16-34-35(20-26)50-43(49-34)41-29-9-13-31(19-29)55(41)45(57)40(25(3)4)53-47(59)61-6/h10-12,14-16,18,20-22,24-25,29,31,37,39-41H,7-9,13,17,19,23H2,1-6H3,(H,48,51)(H,49,50)(H,52,58)(H,53,59)/t29-,31+,37-,39?,40-,41-/m0/s1. The zero-order valence-corrected chi connectivity index (χ0v) is 36.0. The van der Waals surface area contributed by atoms with Crippen molar-refractivity contribution in [2.24, 2.45) is 17.8 Å². The van der Waals surface area contributed by atoms with Crippen molar-refractivity contribution in [2.75, 3.05) is 20.8 Å². The molecule has 324 valence electrons. The molecule has 5 heterocycles. The molecule has 0 spiro atoms. The summed E-state index contributed by atoms with van der Waals surface area (Å²) >= 11 is 0. The van der Waals surface area contributed by atoms with Crippen LogP contribution in [-0.2, 0) is 25.7 Å². The molecule has 4 aliphatic rings. The van der Waals surface area contributed by atoms with Gasteiger partial charge in [0.15, 0.2) is 0 Å². The number of H-pyrrole nitrogens is 2. The number of carbonyl (C=O) groups is 4. The summed E-state index contributed by atoms with van der Waals surface area (Å²) in [6, 6.07) is 17.1. The van der Waals surface area contributed by atoms with Gasteiger partial charge < -0.3 is 44.6 Å². The second-order valence-electron chi connectivity index (χ2n) is 17.7. The Bertz CT molecular complexity index is 2550. The minimum absolute atomic E-state index is 0.0973. The van der Waals surface area contributed by atoms with Gasteiger partial charge in [0.1, 0.15) is 36.1 Å². The van der Waals surface area contributed by atoms with Gasteiger partial charge in [-0.1, -0.05) is 58.0 Å². The van der Waals surface area contributed by atoms with Gasteiger partial charge in [-0.2, -0.15) is 0 Å². The van der Waals surface area contributed by atoms with Crippen LogP contribution in [0.3, 0.4) is 0 Å². The van der Waals surface area contributed by atoms with Crippen molar-refractivity contribution < 1.29 is 33.4 Å². The molecule has 4 N–H and O–H groups in total. The minimum atomic E-state index is -0.697. The molecule has 6 atom stereocenters. The molecule has 5 aromatic rings. The van der Waals surface area contributed by atoms with Crippen molar-refractivity contribution in [1.82, 2.24) is 40.4 Å². The Labute approximate surface area is 360 Å². The Balaban J connectivity index is 0.920. The van der Waals surface area contributed by atoms with Crippen LogP contribution in [0.2, 0.25) is 0 Å². The Morgan fingerprint density at radius 2 is 1.48 bits per heavy atom. The number of imidazole rings is 2. The third kappa shape index (κ3) is 7.40. The number of benzene rings is 3. The lowest BCUT2D eigenvalue weighted by Gasteiger charge is -2.37. The molecule has 0 radical (unpaired) electrons. The van der Waals surface area contributed by atoms with Crippen LogP contribution in [-0.4, -0.2) is 92.6 Å². The fraction of sp³-hybridized carbons (Fsp3) is 0.447. The Morgan fingerprint density at radius 3 is 2.23 bits per heavy atom. The maximum Gasteiger partial charge on any atom is 0.407 e. The number of carbonyl (C=O) groups excluding carboxylic acids is 4. The summed E-state index contributed by atoms with van der Waals surface area (Å²) in [5.41, 5.74) is 8.75. The lowest BCUT2D eigenvalue weighted by atomic mass is 9.92. The minimum Gasteiger partial charge on any atom is -0.488 e. The van der Waals surface area contributed by atoms with E-state index >= 15 is 0 Å². The van der Waals surface area contributed by atoms with Crippen molar-refractivity contribution in [3.8, 4) is 39.3 Å². The third-order valence-corrected chi connectivity index (χ3v) is 13.3. The van der Waals surface area contributed by atoms with E-state index in [9.17, 15) is 19.2 Å². The van der Waals surface area contributed by atoms with Crippen molar-refractivity contribution in [3.05, 3.63) is 78.0 Å². The topological polar surface area (TPSA) is 184 Å².